The normalized spacial score (nSPS) is 23.5. The van der Waals surface area contributed by atoms with Gasteiger partial charge in [0.1, 0.15) is 4.71 Å². The minimum Gasteiger partial charge on any atom is -0.777 e. The van der Waals surface area contributed by atoms with Crippen molar-refractivity contribution < 1.29 is 94.7 Å². The van der Waals surface area contributed by atoms with Gasteiger partial charge < -0.3 is 28.7 Å². The smallest absolute Gasteiger partial charge is 0.777 e. The van der Waals surface area contributed by atoms with Crippen LogP contribution in [0.2, 0.25) is 5.02 Å². The summed E-state index contributed by atoms with van der Waals surface area (Å²) in [6.45, 7) is 0. The van der Waals surface area contributed by atoms with E-state index in [0.717, 1.165) is 0 Å². The Morgan fingerprint density at radius 3 is 1.89 bits per heavy atom. The second kappa shape index (κ2) is 9.33. The van der Waals surface area contributed by atoms with E-state index < -0.39 is 65.7 Å². The van der Waals surface area contributed by atoms with E-state index in [0.29, 0.717) is 0 Å². The van der Waals surface area contributed by atoms with Crippen LogP contribution in [0.25, 0.3) is 0 Å². The summed E-state index contributed by atoms with van der Waals surface area (Å²) in [5.74, 6) is 0. The average molecular weight is 368 g/mol. The van der Waals surface area contributed by atoms with E-state index in [9.17, 15) is 18.9 Å². The number of hydrogen-bond donors (Lipinski definition) is 2. The van der Waals surface area contributed by atoms with Gasteiger partial charge in [0.2, 0.25) is 0 Å². The first-order valence-electron chi connectivity index (χ1n) is 6.17. The molecule has 0 spiro atoms. The maximum absolute atomic E-state index is 11.2. The maximum Gasteiger partial charge on any atom is 1.00 e. The Bertz CT molecular complexity index is 679. The van der Waals surface area contributed by atoms with Crippen molar-refractivity contribution in [3.63, 3.8) is 0 Å². The first kappa shape index (κ1) is 14.7. The first-order valence-corrected chi connectivity index (χ1v) is 8.02. The fourth-order valence-corrected chi connectivity index (χ4v) is 3.93. The van der Waals surface area contributed by atoms with Crippen LogP contribution in [0.1, 0.15) is 6.85 Å². The van der Waals surface area contributed by atoms with E-state index in [1.165, 1.54) is 0 Å². The van der Waals surface area contributed by atoms with Crippen LogP contribution in [0.4, 0.5) is 0 Å². The molecule has 0 saturated carbocycles. The van der Waals surface area contributed by atoms with Crippen LogP contribution in [0, 0.1) is 0 Å². The molecule has 0 radical (unpaired) electrons. The van der Waals surface area contributed by atoms with Crippen molar-refractivity contribution in [2.24, 2.45) is 0 Å². The van der Waals surface area contributed by atoms with Crippen molar-refractivity contribution in [2.45, 2.75) is 9.60 Å². The van der Waals surface area contributed by atoms with Gasteiger partial charge in [0, 0.05) is 9.92 Å². The molecule has 1 aromatic rings. The summed E-state index contributed by atoms with van der Waals surface area (Å²) >= 11 is 4.95. The summed E-state index contributed by atoms with van der Waals surface area (Å²) in [6, 6.07) is -3.45. The van der Waals surface area contributed by atoms with Crippen molar-refractivity contribution in [3.8, 4) is 0 Å². The number of benzene rings is 1. The summed E-state index contributed by atoms with van der Waals surface area (Å²) in [5.41, 5.74) is 0. The van der Waals surface area contributed by atoms with E-state index in [4.69, 9.17) is 28.2 Å². The van der Waals surface area contributed by atoms with Crippen molar-refractivity contribution in [2.75, 3.05) is 0 Å². The summed E-state index contributed by atoms with van der Waals surface area (Å²) in [7, 11) is -12.0. The molecule has 2 unspecified atom stereocenters. The second-order valence-electron chi connectivity index (χ2n) is 2.57. The fraction of sp³-hybridized carbons (Fsp3) is 0.143. The predicted molar refractivity (Wildman–Crippen MR) is 60.7 cm³/mol. The Morgan fingerprint density at radius 1 is 1.21 bits per heavy atom. The largest absolute Gasteiger partial charge is 1.00 e. The molecule has 0 fully saturated rings. The molecule has 1 rings (SSSR count). The Morgan fingerprint density at radius 2 is 1.58 bits per heavy atom. The van der Waals surface area contributed by atoms with Crippen LogP contribution in [0.3, 0.4) is 0 Å². The Labute approximate surface area is 170 Å². The van der Waals surface area contributed by atoms with Crippen LogP contribution in [-0.2, 0) is 9.13 Å². The molecule has 2 atom stereocenters. The van der Waals surface area contributed by atoms with Crippen LogP contribution >= 0.6 is 38.6 Å². The molecule has 0 heterocycles. The minimum absolute atomic E-state index is 0. The second-order valence-corrected chi connectivity index (χ2v) is 7.90. The fourth-order valence-electron chi connectivity index (χ4n) is 0.703. The zero-order chi connectivity index (χ0) is 17.7. The number of rotatable bonds is 4. The summed E-state index contributed by atoms with van der Waals surface area (Å²) in [4.78, 5) is 39.3. The van der Waals surface area contributed by atoms with Gasteiger partial charge in [0.05, 0.1) is 6.85 Å². The molecule has 0 amide bonds. The molecular formula is C7H7ClNa2O6P2S. The average Bonchev–Trinajstić information content (AvgIpc) is 2.36. The van der Waals surface area contributed by atoms with Gasteiger partial charge in [0.15, 0.2) is 15.2 Å². The molecule has 12 heteroatoms. The van der Waals surface area contributed by atoms with Crippen molar-refractivity contribution >= 4 is 38.6 Å². The van der Waals surface area contributed by atoms with Gasteiger partial charge in [-0.1, -0.05) is 11.6 Å². The quantitative estimate of drug-likeness (QED) is 0.310. The van der Waals surface area contributed by atoms with Crippen molar-refractivity contribution in [1.29, 1.82) is 0 Å². The van der Waals surface area contributed by atoms with Crippen LogP contribution < -0.4 is 68.9 Å². The molecule has 19 heavy (non-hydrogen) atoms. The topological polar surface area (TPSA) is 121 Å². The molecule has 0 aliphatic heterocycles. The number of hydrogen-bond acceptors (Lipinski definition) is 5. The van der Waals surface area contributed by atoms with Gasteiger partial charge in [0.25, 0.3) is 0 Å². The molecule has 0 bridgehead atoms. The molecular weight excluding hydrogens is 356 g/mol. The maximum atomic E-state index is 11.2. The summed E-state index contributed by atoms with van der Waals surface area (Å²) in [6.07, 6.45) is 0. The molecule has 0 saturated heterocycles. The summed E-state index contributed by atoms with van der Waals surface area (Å²) in [5, 5.41) is -0.599. The molecule has 6 nitrogen and oxygen atoms in total. The van der Waals surface area contributed by atoms with Gasteiger partial charge in [-0.3, -0.25) is 0 Å². The molecule has 96 valence electrons. The minimum atomic E-state index is -6.02. The number of halogens is 1. The SMILES string of the molecule is [2H]c1c([2H])c(SC([2H])(P(=O)([O-])O)P(=O)([O-])O)c([2H])c([2H])c1Cl.[Na+].[Na+]. The van der Waals surface area contributed by atoms with E-state index in [2.05, 4.69) is 0 Å². The third-order valence-electron chi connectivity index (χ3n) is 1.25. The van der Waals surface area contributed by atoms with Gasteiger partial charge in [-0.05, 0) is 24.2 Å². The molecule has 1 aromatic carbocycles. The molecule has 0 aromatic heterocycles. The molecule has 2 N–H and O–H groups in total. The van der Waals surface area contributed by atoms with Crippen molar-refractivity contribution in [3.05, 3.63) is 29.2 Å². The van der Waals surface area contributed by atoms with E-state index >= 15 is 0 Å². The van der Waals surface area contributed by atoms with Crippen LogP contribution in [0.15, 0.2) is 29.1 Å². The third kappa shape index (κ3) is 8.38. The third-order valence-corrected chi connectivity index (χ3v) is 6.44. The van der Waals surface area contributed by atoms with Gasteiger partial charge in [-0.15, -0.1) is 11.8 Å². The van der Waals surface area contributed by atoms with Crippen LogP contribution in [0.5, 0.6) is 0 Å². The summed E-state index contributed by atoms with van der Waals surface area (Å²) < 4.78 is 55.7. The van der Waals surface area contributed by atoms with E-state index in [1.54, 1.807) is 0 Å². The zero-order valence-corrected chi connectivity index (χ0v) is 17.1. The standard InChI is InChI=1S/C7H9ClO6P2S.2Na/c8-5-1-3-6(4-2-5)17-7(15(9,10)11)16(12,13)14;;/h1-4,7H,(H2,9,10,11)(H2,12,13,14);;/q;2*+1/p-2/i1D,2D,3D,4D,7D;;. The van der Waals surface area contributed by atoms with E-state index in [-0.39, 0.29) is 59.1 Å². The van der Waals surface area contributed by atoms with Crippen molar-refractivity contribution in [1.82, 2.24) is 0 Å². The Kier molecular flexibility index (Phi) is 7.24. The monoisotopic (exact) mass is 367 g/mol. The number of thioether (sulfide) groups is 1. The van der Waals surface area contributed by atoms with Gasteiger partial charge >= 0.3 is 59.1 Å². The zero-order valence-electron chi connectivity index (χ0n) is 14.7. The predicted octanol–water partition coefficient (Wildman–Crippen LogP) is -5.18. The Balaban J connectivity index is 0. The molecule has 0 aliphatic carbocycles. The van der Waals surface area contributed by atoms with Crippen LogP contribution in [-0.4, -0.2) is 14.5 Å². The Hall–Kier alpha value is 2.16. The molecule has 0 aliphatic rings. The first-order chi connectivity index (χ1) is 9.65. The van der Waals surface area contributed by atoms with E-state index in [1.807, 2.05) is 0 Å². The van der Waals surface area contributed by atoms with Gasteiger partial charge in [-0.25, -0.2) is 0 Å². The van der Waals surface area contributed by atoms with Gasteiger partial charge in [-0.2, -0.15) is 0 Å².